The Morgan fingerprint density at radius 2 is 2.20 bits per heavy atom. The molecule has 1 N–H and O–H groups in total. The van der Waals surface area contributed by atoms with Crippen LogP contribution in [0.2, 0.25) is 0 Å². The van der Waals surface area contributed by atoms with Crippen molar-refractivity contribution < 1.29 is 4.79 Å². The molecule has 3 aromatic rings. The minimum absolute atomic E-state index is 0.0317. The maximum atomic E-state index is 12.5. The van der Waals surface area contributed by atoms with Crippen LogP contribution in [0.5, 0.6) is 0 Å². The average Bonchev–Trinajstić information content (AvgIpc) is 3.28. The Kier molecular flexibility index (Phi) is 3.91. The molecular formula is C18H22N6O. The highest BCUT2D eigenvalue weighted by Gasteiger charge is 2.25. The summed E-state index contributed by atoms with van der Waals surface area (Å²) in [4.78, 5) is 19.3. The van der Waals surface area contributed by atoms with Crippen LogP contribution in [0.3, 0.4) is 0 Å². The number of aryl methyl sites for hydroxylation is 2. The van der Waals surface area contributed by atoms with Crippen molar-refractivity contribution >= 4 is 22.6 Å². The maximum absolute atomic E-state index is 12.5. The predicted octanol–water partition coefficient (Wildman–Crippen LogP) is 1.47. The van der Waals surface area contributed by atoms with E-state index in [2.05, 4.69) is 20.3 Å². The van der Waals surface area contributed by atoms with Crippen LogP contribution in [-0.2, 0) is 18.4 Å². The molecule has 1 amide bonds. The standard InChI is InChI=1S/C18H22N6O/c1-13-20-16-5-3-4-6-17(16)24(13)12-18(25)21-14-7-8-23(10-14)15-9-19-22(2)11-15/h3-6,9,11,14H,7-8,10,12H2,1-2H3,(H,21,25). The number of para-hydroxylation sites is 2. The number of rotatable bonds is 4. The third-order valence-corrected chi connectivity index (χ3v) is 4.76. The number of benzene rings is 1. The Bertz CT molecular complexity index is 911. The molecule has 130 valence electrons. The SMILES string of the molecule is Cc1nc2ccccc2n1CC(=O)NC1CCN(c2cnn(C)c2)C1. The number of carbonyl (C=O) groups excluding carboxylic acids is 1. The summed E-state index contributed by atoms with van der Waals surface area (Å²) in [5.41, 5.74) is 3.03. The lowest BCUT2D eigenvalue weighted by Crippen LogP contribution is -2.39. The largest absolute Gasteiger partial charge is 0.367 e. The van der Waals surface area contributed by atoms with Gasteiger partial charge < -0.3 is 14.8 Å². The van der Waals surface area contributed by atoms with Crippen molar-refractivity contribution in [2.75, 3.05) is 18.0 Å². The van der Waals surface area contributed by atoms with E-state index in [1.54, 1.807) is 4.68 Å². The number of amides is 1. The van der Waals surface area contributed by atoms with Gasteiger partial charge in [-0.25, -0.2) is 4.98 Å². The lowest BCUT2D eigenvalue weighted by atomic mass is 10.2. The molecule has 7 heteroatoms. The second kappa shape index (κ2) is 6.23. The molecule has 7 nitrogen and oxygen atoms in total. The van der Waals surface area contributed by atoms with Gasteiger partial charge in [0.15, 0.2) is 0 Å². The number of nitrogens with one attached hydrogen (secondary N) is 1. The van der Waals surface area contributed by atoms with Crippen molar-refractivity contribution in [1.82, 2.24) is 24.6 Å². The topological polar surface area (TPSA) is 68.0 Å². The number of anilines is 1. The molecule has 0 radical (unpaired) electrons. The number of imidazole rings is 1. The average molecular weight is 338 g/mol. The van der Waals surface area contributed by atoms with Crippen molar-refractivity contribution in [3.63, 3.8) is 0 Å². The van der Waals surface area contributed by atoms with Crippen LogP contribution < -0.4 is 10.2 Å². The molecule has 4 rings (SSSR count). The van der Waals surface area contributed by atoms with Crippen molar-refractivity contribution in [3.05, 3.63) is 42.5 Å². The number of aromatic nitrogens is 4. The molecule has 1 fully saturated rings. The number of nitrogens with zero attached hydrogens (tertiary/aromatic N) is 5. The first-order valence-electron chi connectivity index (χ1n) is 8.55. The molecule has 1 saturated heterocycles. The second-order valence-electron chi connectivity index (χ2n) is 6.61. The summed E-state index contributed by atoms with van der Waals surface area (Å²) in [7, 11) is 1.91. The highest BCUT2D eigenvalue weighted by molar-refractivity contribution is 5.81. The van der Waals surface area contributed by atoms with Crippen LogP contribution >= 0.6 is 0 Å². The fourth-order valence-corrected chi connectivity index (χ4v) is 3.50. The summed E-state index contributed by atoms with van der Waals surface area (Å²) in [6, 6.07) is 8.08. The van der Waals surface area contributed by atoms with Gasteiger partial charge in [0.2, 0.25) is 5.91 Å². The quantitative estimate of drug-likeness (QED) is 0.782. The summed E-state index contributed by atoms with van der Waals surface area (Å²) in [6.45, 7) is 3.99. The Labute approximate surface area is 146 Å². The molecule has 0 spiro atoms. The van der Waals surface area contributed by atoms with Gasteiger partial charge in [0.05, 0.1) is 22.9 Å². The van der Waals surface area contributed by atoms with E-state index in [0.29, 0.717) is 6.54 Å². The third kappa shape index (κ3) is 3.09. The normalized spacial score (nSPS) is 17.4. The van der Waals surface area contributed by atoms with Crippen molar-refractivity contribution in [2.24, 2.45) is 7.05 Å². The van der Waals surface area contributed by atoms with Gasteiger partial charge >= 0.3 is 0 Å². The zero-order valence-corrected chi connectivity index (χ0v) is 14.5. The zero-order chi connectivity index (χ0) is 17.4. The molecule has 1 aliphatic rings. The summed E-state index contributed by atoms with van der Waals surface area (Å²) in [5, 5.41) is 7.37. The molecule has 1 aromatic carbocycles. The first kappa shape index (κ1) is 15.7. The van der Waals surface area contributed by atoms with E-state index in [-0.39, 0.29) is 11.9 Å². The molecule has 0 bridgehead atoms. The molecular weight excluding hydrogens is 316 g/mol. The van der Waals surface area contributed by atoms with Gasteiger partial charge in [-0.1, -0.05) is 12.1 Å². The van der Waals surface area contributed by atoms with Gasteiger partial charge in [0.25, 0.3) is 0 Å². The highest BCUT2D eigenvalue weighted by Crippen LogP contribution is 2.19. The number of fused-ring (bicyclic) bond motifs is 1. The Balaban J connectivity index is 1.40. The Morgan fingerprint density at radius 1 is 1.36 bits per heavy atom. The molecule has 0 aliphatic carbocycles. The summed E-state index contributed by atoms with van der Waals surface area (Å²) >= 11 is 0. The fourth-order valence-electron chi connectivity index (χ4n) is 3.50. The van der Waals surface area contributed by atoms with Crippen LogP contribution in [0.25, 0.3) is 11.0 Å². The van der Waals surface area contributed by atoms with Crippen LogP contribution in [0.1, 0.15) is 12.2 Å². The van der Waals surface area contributed by atoms with Crippen molar-refractivity contribution in [1.29, 1.82) is 0 Å². The Hall–Kier alpha value is -2.83. The minimum Gasteiger partial charge on any atom is -0.367 e. The van der Waals surface area contributed by atoms with Crippen LogP contribution in [0, 0.1) is 6.92 Å². The summed E-state index contributed by atoms with van der Waals surface area (Å²) in [5.74, 6) is 0.893. The second-order valence-corrected chi connectivity index (χ2v) is 6.61. The lowest BCUT2D eigenvalue weighted by molar-refractivity contribution is -0.122. The van der Waals surface area contributed by atoms with E-state index in [4.69, 9.17) is 0 Å². The molecule has 1 atom stereocenters. The van der Waals surface area contributed by atoms with Gasteiger partial charge in [-0.3, -0.25) is 9.48 Å². The molecule has 0 saturated carbocycles. The molecule has 1 aliphatic heterocycles. The minimum atomic E-state index is 0.0317. The first-order chi connectivity index (χ1) is 12.1. The van der Waals surface area contributed by atoms with Gasteiger partial charge in [-0.05, 0) is 25.5 Å². The van der Waals surface area contributed by atoms with Gasteiger partial charge in [-0.15, -0.1) is 0 Å². The predicted molar refractivity (Wildman–Crippen MR) is 96.4 cm³/mol. The molecule has 2 aromatic heterocycles. The van der Waals surface area contributed by atoms with E-state index < -0.39 is 0 Å². The van der Waals surface area contributed by atoms with Gasteiger partial charge in [-0.2, -0.15) is 5.10 Å². The fraction of sp³-hybridized carbons (Fsp3) is 0.389. The number of hydrogen-bond donors (Lipinski definition) is 1. The zero-order valence-electron chi connectivity index (χ0n) is 14.5. The maximum Gasteiger partial charge on any atom is 0.240 e. The summed E-state index contributed by atoms with van der Waals surface area (Å²) < 4.78 is 3.77. The van der Waals surface area contributed by atoms with Gasteiger partial charge in [0, 0.05) is 32.4 Å². The van der Waals surface area contributed by atoms with Crippen LogP contribution in [0.4, 0.5) is 5.69 Å². The number of carbonyl (C=O) groups is 1. The van der Waals surface area contributed by atoms with Gasteiger partial charge in [0.1, 0.15) is 12.4 Å². The Morgan fingerprint density at radius 3 is 3.00 bits per heavy atom. The van der Waals surface area contributed by atoms with Crippen molar-refractivity contribution in [2.45, 2.75) is 25.9 Å². The highest BCUT2D eigenvalue weighted by atomic mass is 16.2. The lowest BCUT2D eigenvalue weighted by Gasteiger charge is -2.17. The van der Waals surface area contributed by atoms with E-state index in [9.17, 15) is 4.79 Å². The monoisotopic (exact) mass is 338 g/mol. The molecule has 25 heavy (non-hydrogen) atoms. The summed E-state index contributed by atoms with van der Waals surface area (Å²) in [6.07, 6.45) is 4.82. The number of hydrogen-bond acceptors (Lipinski definition) is 4. The van der Waals surface area contributed by atoms with Crippen molar-refractivity contribution in [3.8, 4) is 0 Å². The van der Waals surface area contributed by atoms with E-state index in [1.807, 2.05) is 55.2 Å². The molecule has 3 heterocycles. The first-order valence-corrected chi connectivity index (χ1v) is 8.55. The smallest absolute Gasteiger partial charge is 0.240 e. The van der Waals surface area contributed by atoms with E-state index >= 15 is 0 Å². The van der Waals surface area contributed by atoms with E-state index in [0.717, 1.165) is 42.1 Å². The van der Waals surface area contributed by atoms with Crippen LogP contribution in [0.15, 0.2) is 36.7 Å². The molecule has 1 unspecified atom stereocenters. The van der Waals surface area contributed by atoms with E-state index in [1.165, 1.54) is 0 Å². The van der Waals surface area contributed by atoms with Crippen LogP contribution in [-0.4, -0.2) is 44.4 Å². The third-order valence-electron chi connectivity index (χ3n) is 4.76.